The number of carbonyl (C=O) groups excluding carboxylic acids is 3. The smallest absolute Gasteiger partial charge is 0.418 e. The van der Waals surface area contributed by atoms with Gasteiger partial charge in [0.05, 0.1) is 18.3 Å². The first-order chi connectivity index (χ1) is 14.9. The maximum atomic E-state index is 14.0. The van der Waals surface area contributed by atoms with Gasteiger partial charge in [-0.2, -0.15) is 0 Å². The Balaban J connectivity index is 1.97. The van der Waals surface area contributed by atoms with E-state index >= 15 is 0 Å². The molecular formula is C21H19F4N3O4. The molecule has 1 aliphatic heterocycles. The lowest BCUT2D eigenvalue weighted by molar-refractivity contribution is 0.0347. The molecule has 32 heavy (non-hydrogen) atoms. The summed E-state index contributed by atoms with van der Waals surface area (Å²) < 4.78 is 59.8. The molecule has 1 atom stereocenters. The lowest BCUT2D eigenvalue weighted by Crippen LogP contribution is -2.43. The van der Waals surface area contributed by atoms with Gasteiger partial charge in [-0.15, -0.1) is 0 Å². The zero-order chi connectivity index (χ0) is 23.8. The van der Waals surface area contributed by atoms with E-state index in [0.717, 1.165) is 36.4 Å². The van der Waals surface area contributed by atoms with Gasteiger partial charge in [-0.1, -0.05) is 12.1 Å². The standard InChI is InChI=1S/C21H19F4N3O4/c1-21(2,3)32-20(31)27-10-16(11-7-8-12(22)14(24)9-11)28(19(27)30)18(29)26-15-6-4-5-13(23)17(15)25/h4-9,16H,10H2,1-3H3,(H,26,29). The zero-order valence-electron chi connectivity index (χ0n) is 17.3. The molecule has 0 aliphatic carbocycles. The largest absolute Gasteiger partial charge is 0.443 e. The fraction of sp³-hybridized carbons (Fsp3) is 0.286. The van der Waals surface area contributed by atoms with Gasteiger partial charge in [0.2, 0.25) is 0 Å². The summed E-state index contributed by atoms with van der Waals surface area (Å²) in [5, 5.41) is 2.06. The number of urea groups is 2. The lowest BCUT2D eigenvalue weighted by atomic mass is 10.1. The Kier molecular flexibility index (Phi) is 6.11. The number of halogens is 4. The second kappa shape index (κ2) is 8.48. The lowest BCUT2D eigenvalue weighted by Gasteiger charge is -2.23. The number of nitrogens with zero attached hydrogens (tertiary/aromatic N) is 2. The number of ether oxygens (including phenoxy) is 1. The van der Waals surface area contributed by atoms with Crippen LogP contribution in [0.5, 0.6) is 0 Å². The van der Waals surface area contributed by atoms with Gasteiger partial charge in [0, 0.05) is 0 Å². The van der Waals surface area contributed by atoms with E-state index in [9.17, 15) is 31.9 Å². The van der Waals surface area contributed by atoms with E-state index in [1.165, 1.54) is 0 Å². The summed E-state index contributed by atoms with van der Waals surface area (Å²) in [5.74, 6) is -4.98. The van der Waals surface area contributed by atoms with Gasteiger partial charge >= 0.3 is 18.2 Å². The number of hydrogen-bond donors (Lipinski definition) is 1. The molecular weight excluding hydrogens is 434 g/mol. The van der Waals surface area contributed by atoms with Crippen molar-refractivity contribution in [2.24, 2.45) is 0 Å². The molecule has 2 aromatic carbocycles. The van der Waals surface area contributed by atoms with Gasteiger partial charge in [0.15, 0.2) is 23.3 Å². The third-order valence-electron chi connectivity index (χ3n) is 4.46. The molecule has 0 spiro atoms. The van der Waals surface area contributed by atoms with Crippen molar-refractivity contribution >= 4 is 23.8 Å². The Morgan fingerprint density at radius 3 is 2.34 bits per heavy atom. The van der Waals surface area contributed by atoms with Gasteiger partial charge in [0.25, 0.3) is 0 Å². The maximum Gasteiger partial charge on any atom is 0.418 e. The predicted octanol–water partition coefficient (Wildman–Crippen LogP) is 5.19. The topological polar surface area (TPSA) is 79.0 Å². The molecule has 1 heterocycles. The van der Waals surface area contributed by atoms with Crippen molar-refractivity contribution in [2.45, 2.75) is 32.4 Å². The second-order valence-electron chi connectivity index (χ2n) is 7.96. The highest BCUT2D eigenvalue weighted by Crippen LogP contribution is 2.32. The molecule has 0 aromatic heterocycles. The number of carbonyl (C=O) groups is 3. The van der Waals surface area contributed by atoms with E-state index in [1.54, 1.807) is 20.8 Å². The van der Waals surface area contributed by atoms with Crippen molar-refractivity contribution in [1.29, 1.82) is 0 Å². The average Bonchev–Trinajstić information content (AvgIpc) is 3.03. The van der Waals surface area contributed by atoms with Crippen molar-refractivity contribution in [2.75, 3.05) is 11.9 Å². The highest BCUT2D eigenvalue weighted by atomic mass is 19.2. The third-order valence-corrected chi connectivity index (χ3v) is 4.46. The first-order valence-corrected chi connectivity index (χ1v) is 9.42. The monoisotopic (exact) mass is 453 g/mol. The number of rotatable bonds is 2. The molecule has 2 aromatic rings. The van der Waals surface area contributed by atoms with Crippen LogP contribution in [0.3, 0.4) is 0 Å². The van der Waals surface area contributed by atoms with Crippen LogP contribution in [0.15, 0.2) is 36.4 Å². The van der Waals surface area contributed by atoms with Crippen LogP contribution in [0, 0.1) is 23.3 Å². The third kappa shape index (κ3) is 4.66. The quantitative estimate of drug-likeness (QED) is 0.635. The highest BCUT2D eigenvalue weighted by Gasteiger charge is 2.46. The minimum atomic E-state index is -1.36. The zero-order valence-corrected chi connectivity index (χ0v) is 17.3. The molecule has 1 saturated heterocycles. The van der Waals surface area contributed by atoms with Crippen LogP contribution in [-0.4, -0.2) is 40.1 Å². The van der Waals surface area contributed by atoms with E-state index in [-0.39, 0.29) is 5.56 Å². The molecule has 1 N–H and O–H groups in total. The fourth-order valence-electron chi connectivity index (χ4n) is 3.04. The van der Waals surface area contributed by atoms with Crippen LogP contribution in [0.1, 0.15) is 32.4 Å². The maximum absolute atomic E-state index is 14.0. The minimum Gasteiger partial charge on any atom is -0.443 e. The van der Waals surface area contributed by atoms with Crippen molar-refractivity contribution in [3.8, 4) is 0 Å². The second-order valence-corrected chi connectivity index (χ2v) is 7.96. The number of hydrogen-bond acceptors (Lipinski definition) is 4. The predicted molar refractivity (Wildman–Crippen MR) is 105 cm³/mol. The Bertz CT molecular complexity index is 1090. The molecule has 170 valence electrons. The van der Waals surface area contributed by atoms with Crippen molar-refractivity contribution in [1.82, 2.24) is 9.80 Å². The Morgan fingerprint density at radius 1 is 1.03 bits per heavy atom. The van der Waals surface area contributed by atoms with Crippen LogP contribution >= 0.6 is 0 Å². The van der Waals surface area contributed by atoms with Crippen molar-refractivity contribution < 1.29 is 36.7 Å². The van der Waals surface area contributed by atoms with E-state index in [2.05, 4.69) is 5.32 Å². The number of benzene rings is 2. The first kappa shape index (κ1) is 23.0. The van der Waals surface area contributed by atoms with Gasteiger partial charge in [-0.3, -0.25) is 0 Å². The average molecular weight is 453 g/mol. The highest BCUT2D eigenvalue weighted by molar-refractivity contribution is 6.06. The van der Waals surface area contributed by atoms with Crippen LogP contribution in [0.2, 0.25) is 0 Å². The molecule has 5 amide bonds. The Morgan fingerprint density at radius 2 is 1.72 bits per heavy atom. The van der Waals surface area contributed by atoms with Crippen LogP contribution < -0.4 is 5.32 Å². The van der Waals surface area contributed by atoms with Gasteiger partial charge in [-0.05, 0) is 50.6 Å². The molecule has 0 bridgehead atoms. The van der Waals surface area contributed by atoms with E-state index in [0.29, 0.717) is 9.80 Å². The molecule has 3 rings (SSSR count). The van der Waals surface area contributed by atoms with Crippen LogP contribution in [-0.2, 0) is 4.74 Å². The van der Waals surface area contributed by atoms with Gasteiger partial charge in [-0.25, -0.2) is 41.7 Å². The molecule has 1 unspecified atom stereocenters. The summed E-state index contributed by atoms with van der Waals surface area (Å²) in [6, 6.07) is 2.15. The van der Waals surface area contributed by atoms with Crippen molar-refractivity contribution in [3.63, 3.8) is 0 Å². The molecule has 0 saturated carbocycles. The van der Waals surface area contributed by atoms with E-state index < -0.39 is 65.3 Å². The Labute approximate surface area is 180 Å². The van der Waals surface area contributed by atoms with Gasteiger partial charge < -0.3 is 10.1 Å². The number of anilines is 1. The summed E-state index contributed by atoms with van der Waals surface area (Å²) in [6.45, 7) is 4.26. The van der Waals surface area contributed by atoms with Crippen LogP contribution in [0.4, 0.5) is 37.6 Å². The van der Waals surface area contributed by atoms with E-state index in [4.69, 9.17) is 4.74 Å². The molecule has 0 radical (unpaired) electrons. The number of imide groups is 2. The Hall–Kier alpha value is -3.63. The summed E-state index contributed by atoms with van der Waals surface area (Å²) in [7, 11) is 0. The normalized spacial score (nSPS) is 16.3. The van der Waals surface area contributed by atoms with Gasteiger partial charge in [0.1, 0.15) is 5.60 Å². The summed E-state index contributed by atoms with van der Waals surface area (Å²) in [4.78, 5) is 39.4. The fourth-order valence-corrected chi connectivity index (χ4v) is 3.04. The molecule has 1 fully saturated rings. The number of nitrogens with one attached hydrogen (secondary N) is 1. The first-order valence-electron chi connectivity index (χ1n) is 9.42. The molecule has 7 nitrogen and oxygen atoms in total. The minimum absolute atomic E-state index is 0.00169. The summed E-state index contributed by atoms with van der Waals surface area (Å²) in [5.41, 5.74) is -1.52. The van der Waals surface area contributed by atoms with Crippen LogP contribution in [0.25, 0.3) is 0 Å². The van der Waals surface area contributed by atoms with E-state index in [1.807, 2.05) is 0 Å². The molecule has 1 aliphatic rings. The molecule has 11 heteroatoms. The van der Waals surface area contributed by atoms with Crippen molar-refractivity contribution in [3.05, 3.63) is 65.2 Å². The summed E-state index contributed by atoms with van der Waals surface area (Å²) >= 11 is 0. The SMILES string of the molecule is CC(C)(C)OC(=O)N1CC(c2ccc(F)c(F)c2)N(C(=O)Nc2cccc(F)c2F)C1=O. The summed E-state index contributed by atoms with van der Waals surface area (Å²) in [6.07, 6.45) is -1.07. The number of amides is 5.